The summed E-state index contributed by atoms with van der Waals surface area (Å²) >= 11 is 0. The summed E-state index contributed by atoms with van der Waals surface area (Å²) in [5.41, 5.74) is 1.66. The summed E-state index contributed by atoms with van der Waals surface area (Å²) in [4.78, 5) is 27.7. The fourth-order valence-electron chi connectivity index (χ4n) is 2.12. The first-order valence-electron chi connectivity index (χ1n) is 6.05. The Bertz CT molecular complexity index is 739. The maximum absolute atomic E-state index is 12.1. The SMILES string of the molecule is Cn1c(=O)oc2ccc(C(=O)CC3=NCCN3)cc21. The lowest BCUT2D eigenvalue weighted by Crippen LogP contribution is -2.21. The first kappa shape index (κ1) is 11.7. The Labute approximate surface area is 108 Å². The number of carbonyl (C=O) groups is 1. The van der Waals surface area contributed by atoms with Gasteiger partial charge in [-0.3, -0.25) is 14.4 Å². The topological polar surface area (TPSA) is 76.6 Å². The molecule has 6 heteroatoms. The fourth-order valence-corrected chi connectivity index (χ4v) is 2.12. The molecular formula is C13H13N3O3. The average molecular weight is 259 g/mol. The molecule has 0 saturated heterocycles. The number of hydrogen-bond donors (Lipinski definition) is 1. The predicted molar refractivity (Wildman–Crippen MR) is 70.7 cm³/mol. The Morgan fingerprint density at radius 2 is 2.37 bits per heavy atom. The maximum Gasteiger partial charge on any atom is 0.419 e. The van der Waals surface area contributed by atoms with E-state index < -0.39 is 5.76 Å². The van der Waals surface area contributed by atoms with Crippen LogP contribution in [0.1, 0.15) is 16.8 Å². The maximum atomic E-state index is 12.1. The molecule has 0 atom stereocenters. The zero-order chi connectivity index (χ0) is 13.4. The summed E-state index contributed by atoms with van der Waals surface area (Å²) in [5, 5.41) is 3.07. The van der Waals surface area contributed by atoms with Crippen LogP contribution in [-0.4, -0.2) is 29.3 Å². The first-order valence-corrected chi connectivity index (χ1v) is 6.05. The number of Topliss-reactive ketones (excluding diaryl/α,β-unsaturated/α-hetero) is 1. The Morgan fingerprint density at radius 1 is 1.53 bits per heavy atom. The minimum absolute atomic E-state index is 0.0244. The summed E-state index contributed by atoms with van der Waals surface area (Å²) in [6, 6.07) is 5.00. The van der Waals surface area contributed by atoms with E-state index in [0.29, 0.717) is 16.7 Å². The highest BCUT2D eigenvalue weighted by Crippen LogP contribution is 2.15. The van der Waals surface area contributed by atoms with Crippen LogP contribution in [0.2, 0.25) is 0 Å². The molecule has 3 rings (SSSR count). The summed E-state index contributed by atoms with van der Waals surface area (Å²) < 4.78 is 6.41. The molecule has 1 aromatic carbocycles. The highest BCUT2D eigenvalue weighted by Gasteiger charge is 2.14. The number of nitrogens with zero attached hydrogens (tertiary/aromatic N) is 2. The number of aliphatic imine (C=N–C) groups is 1. The van der Waals surface area contributed by atoms with Crippen LogP contribution in [0.25, 0.3) is 11.1 Å². The van der Waals surface area contributed by atoms with Crippen LogP contribution >= 0.6 is 0 Å². The lowest BCUT2D eigenvalue weighted by molar-refractivity contribution is 0.1000. The normalized spacial score (nSPS) is 14.5. The summed E-state index contributed by atoms with van der Waals surface area (Å²) in [6.45, 7) is 1.51. The number of oxazole rings is 1. The van der Waals surface area contributed by atoms with Gasteiger partial charge in [-0.2, -0.15) is 0 Å². The van der Waals surface area contributed by atoms with Crippen LogP contribution in [0.3, 0.4) is 0 Å². The number of carbonyl (C=O) groups excluding carboxylic acids is 1. The van der Waals surface area contributed by atoms with Crippen molar-refractivity contribution in [3.8, 4) is 0 Å². The van der Waals surface area contributed by atoms with Crippen LogP contribution < -0.4 is 11.1 Å². The number of benzene rings is 1. The standard InChI is InChI=1S/C13H13N3O3/c1-16-9-6-8(2-3-11(9)19-13(16)18)10(17)7-12-14-4-5-15-12/h2-3,6H,4-5,7H2,1H3,(H,14,15). The Morgan fingerprint density at radius 3 is 3.11 bits per heavy atom. The number of aryl methyl sites for hydroxylation is 1. The van der Waals surface area contributed by atoms with Crippen LogP contribution in [0.4, 0.5) is 0 Å². The second-order valence-corrected chi connectivity index (χ2v) is 4.46. The molecule has 0 radical (unpaired) electrons. The van der Waals surface area contributed by atoms with Gasteiger partial charge in [0.1, 0.15) is 5.84 Å². The summed E-state index contributed by atoms with van der Waals surface area (Å²) in [5.74, 6) is 0.274. The minimum Gasteiger partial charge on any atom is -0.408 e. The number of hydrogen-bond acceptors (Lipinski definition) is 5. The molecule has 1 aliphatic heterocycles. The molecule has 0 saturated carbocycles. The van der Waals surface area contributed by atoms with Crippen LogP contribution in [0.5, 0.6) is 0 Å². The van der Waals surface area contributed by atoms with Gasteiger partial charge in [-0.1, -0.05) is 0 Å². The number of rotatable bonds is 3. The van der Waals surface area contributed by atoms with Gasteiger partial charge in [0.15, 0.2) is 11.4 Å². The van der Waals surface area contributed by atoms with E-state index in [2.05, 4.69) is 10.3 Å². The molecule has 6 nitrogen and oxygen atoms in total. The zero-order valence-corrected chi connectivity index (χ0v) is 10.5. The number of nitrogens with one attached hydrogen (secondary N) is 1. The summed E-state index contributed by atoms with van der Waals surface area (Å²) in [6.07, 6.45) is 0.261. The van der Waals surface area contributed by atoms with E-state index >= 15 is 0 Å². The van der Waals surface area contributed by atoms with E-state index in [1.165, 1.54) is 4.57 Å². The molecule has 19 heavy (non-hydrogen) atoms. The van der Waals surface area contributed by atoms with Gasteiger partial charge in [0, 0.05) is 19.2 Å². The summed E-state index contributed by atoms with van der Waals surface area (Å²) in [7, 11) is 1.62. The van der Waals surface area contributed by atoms with Crippen molar-refractivity contribution in [3.63, 3.8) is 0 Å². The molecular weight excluding hydrogens is 246 g/mol. The third-order valence-electron chi connectivity index (χ3n) is 3.18. The van der Waals surface area contributed by atoms with E-state index in [4.69, 9.17) is 4.42 Å². The number of ketones is 1. The van der Waals surface area contributed by atoms with Gasteiger partial charge in [0.2, 0.25) is 0 Å². The molecule has 0 amide bonds. The van der Waals surface area contributed by atoms with Gasteiger partial charge >= 0.3 is 5.76 Å². The third-order valence-corrected chi connectivity index (χ3v) is 3.18. The highest BCUT2D eigenvalue weighted by molar-refractivity contribution is 6.10. The van der Waals surface area contributed by atoms with Crippen molar-refractivity contribution in [2.24, 2.45) is 12.0 Å². The molecule has 0 bridgehead atoms. The molecule has 1 aromatic heterocycles. The van der Waals surface area contributed by atoms with Crippen molar-refractivity contribution < 1.29 is 9.21 Å². The van der Waals surface area contributed by atoms with Crippen molar-refractivity contribution >= 4 is 22.7 Å². The van der Waals surface area contributed by atoms with Crippen LogP contribution in [0.15, 0.2) is 32.4 Å². The molecule has 2 aromatic rings. The fraction of sp³-hybridized carbons (Fsp3) is 0.308. The van der Waals surface area contributed by atoms with Gasteiger partial charge in [-0.25, -0.2) is 4.79 Å². The number of fused-ring (bicyclic) bond motifs is 1. The van der Waals surface area contributed by atoms with E-state index in [0.717, 1.165) is 18.9 Å². The Hall–Kier alpha value is -2.37. The zero-order valence-electron chi connectivity index (χ0n) is 10.5. The molecule has 0 fully saturated rings. The van der Waals surface area contributed by atoms with E-state index in [-0.39, 0.29) is 12.2 Å². The monoisotopic (exact) mass is 259 g/mol. The van der Waals surface area contributed by atoms with E-state index in [1.54, 1.807) is 25.2 Å². The molecule has 0 unspecified atom stereocenters. The van der Waals surface area contributed by atoms with Gasteiger partial charge < -0.3 is 9.73 Å². The van der Waals surface area contributed by atoms with Crippen molar-refractivity contribution in [2.75, 3.05) is 13.1 Å². The lowest BCUT2D eigenvalue weighted by atomic mass is 10.1. The second kappa shape index (κ2) is 4.38. The van der Waals surface area contributed by atoms with Gasteiger partial charge in [-0.05, 0) is 18.2 Å². The second-order valence-electron chi connectivity index (χ2n) is 4.46. The molecule has 98 valence electrons. The number of amidine groups is 1. The van der Waals surface area contributed by atoms with E-state index in [9.17, 15) is 9.59 Å². The molecule has 1 aliphatic rings. The van der Waals surface area contributed by atoms with Crippen molar-refractivity contribution in [1.82, 2.24) is 9.88 Å². The van der Waals surface area contributed by atoms with Crippen LogP contribution in [-0.2, 0) is 7.05 Å². The molecule has 2 heterocycles. The quantitative estimate of drug-likeness (QED) is 0.823. The third kappa shape index (κ3) is 2.05. The molecule has 1 N–H and O–H groups in total. The van der Waals surface area contributed by atoms with Gasteiger partial charge in [0.05, 0.1) is 18.5 Å². The number of aromatic nitrogens is 1. The van der Waals surface area contributed by atoms with Crippen LogP contribution in [0, 0.1) is 0 Å². The lowest BCUT2D eigenvalue weighted by Gasteiger charge is -2.02. The Kier molecular flexibility index (Phi) is 2.70. The minimum atomic E-state index is -0.429. The van der Waals surface area contributed by atoms with Crippen molar-refractivity contribution in [3.05, 3.63) is 34.3 Å². The first-order chi connectivity index (χ1) is 9.15. The van der Waals surface area contributed by atoms with E-state index in [1.807, 2.05) is 0 Å². The molecule has 0 spiro atoms. The predicted octanol–water partition coefficient (Wildman–Crippen LogP) is 0.706. The van der Waals surface area contributed by atoms with Crippen molar-refractivity contribution in [2.45, 2.75) is 6.42 Å². The Balaban J connectivity index is 1.94. The average Bonchev–Trinajstić information content (AvgIpc) is 2.99. The smallest absolute Gasteiger partial charge is 0.408 e. The molecule has 0 aliphatic carbocycles. The van der Waals surface area contributed by atoms with Crippen molar-refractivity contribution in [1.29, 1.82) is 0 Å². The largest absolute Gasteiger partial charge is 0.419 e. The van der Waals surface area contributed by atoms with Gasteiger partial charge in [-0.15, -0.1) is 0 Å². The highest BCUT2D eigenvalue weighted by atomic mass is 16.4. The van der Waals surface area contributed by atoms with Gasteiger partial charge in [0.25, 0.3) is 0 Å².